The van der Waals surface area contributed by atoms with Crippen LogP contribution in [0.3, 0.4) is 0 Å². The molecule has 3 heterocycles. The van der Waals surface area contributed by atoms with Gasteiger partial charge in [-0.05, 0) is 44.9 Å². The fourth-order valence-corrected chi connectivity index (χ4v) is 4.98. The van der Waals surface area contributed by atoms with Crippen LogP contribution in [0.15, 0.2) is 12.2 Å². The number of carbonyl (C=O) groups is 3. The first-order valence-electron chi connectivity index (χ1n) is 11.7. The van der Waals surface area contributed by atoms with E-state index in [4.69, 9.17) is 4.74 Å². The van der Waals surface area contributed by atoms with E-state index in [0.29, 0.717) is 50.3 Å². The van der Waals surface area contributed by atoms with Crippen molar-refractivity contribution in [2.24, 2.45) is 5.92 Å². The van der Waals surface area contributed by atoms with Crippen molar-refractivity contribution in [1.29, 1.82) is 0 Å². The Labute approximate surface area is 195 Å². The van der Waals surface area contributed by atoms with Crippen molar-refractivity contribution in [3.8, 4) is 0 Å². The van der Waals surface area contributed by atoms with Crippen molar-refractivity contribution in [2.45, 2.75) is 69.6 Å². The number of allylic oxidation sites excluding steroid dienone is 1. The third-order valence-electron chi connectivity index (χ3n) is 6.90. The number of hydrogen-bond donors (Lipinski definition) is 1. The molecule has 34 heavy (non-hydrogen) atoms. The number of halogens is 3. The number of hydrogen-bond acceptors (Lipinski definition) is 5. The predicted molar refractivity (Wildman–Crippen MR) is 117 cm³/mol. The molecule has 2 amide bonds. The summed E-state index contributed by atoms with van der Waals surface area (Å²) in [6.07, 6.45) is -1.79. The number of anilines is 1. The van der Waals surface area contributed by atoms with Crippen molar-refractivity contribution in [1.82, 2.24) is 15.1 Å². The summed E-state index contributed by atoms with van der Waals surface area (Å²) in [5.41, 5.74) is -0.0979. The number of ether oxygens (including phenoxy) is 1. The van der Waals surface area contributed by atoms with Crippen LogP contribution in [-0.2, 0) is 14.3 Å². The number of aromatic nitrogens is 2. The highest BCUT2D eigenvalue weighted by molar-refractivity contribution is 6.03. The van der Waals surface area contributed by atoms with Crippen molar-refractivity contribution >= 4 is 23.9 Å². The Hall–Kier alpha value is -2.69. The Kier molecular flexibility index (Phi) is 6.84. The van der Waals surface area contributed by atoms with Crippen LogP contribution in [0, 0.1) is 5.92 Å². The van der Waals surface area contributed by atoms with Gasteiger partial charge in [-0.1, -0.05) is 6.58 Å². The first-order chi connectivity index (χ1) is 16.2. The summed E-state index contributed by atoms with van der Waals surface area (Å²) in [5, 5.41) is 7.26. The minimum atomic E-state index is -4.57. The molecule has 0 radical (unpaired) electrons. The van der Waals surface area contributed by atoms with Gasteiger partial charge >= 0.3 is 6.18 Å². The van der Waals surface area contributed by atoms with Gasteiger partial charge in [0.15, 0.2) is 6.29 Å². The van der Waals surface area contributed by atoms with Gasteiger partial charge in [0.05, 0.1) is 6.04 Å². The molecule has 2 fully saturated rings. The molecule has 3 aliphatic rings. The minimum absolute atomic E-state index is 0.0163. The molecular formula is C23H29F3N4O4. The van der Waals surface area contributed by atoms with Gasteiger partial charge in [-0.25, -0.2) is 4.68 Å². The van der Waals surface area contributed by atoms with Gasteiger partial charge in [0.1, 0.15) is 17.6 Å². The third-order valence-corrected chi connectivity index (χ3v) is 6.90. The lowest BCUT2D eigenvalue weighted by Gasteiger charge is -2.39. The Balaban J connectivity index is 1.66. The Morgan fingerprint density at radius 3 is 2.47 bits per heavy atom. The first-order valence-corrected chi connectivity index (χ1v) is 11.7. The molecule has 11 heteroatoms. The molecule has 1 aromatic heterocycles. The van der Waals surface area contributed by atoms with Crippen LogP contribution in [0.2, 0.25) is 0 Å². The molecule has 4 rings (SSSR count). The van der Waals surface area contributed by atoms with Crippen molar-refractivity contribution in [3.05, 3.63) is 23.4 Å². The SMILES string of the molecule is C=C(CCC(=O)NC1C(=O)N(CC)c2c(c(C=O)nn2C2CCOCC2)C1C1CC1)C(F)(F)F. The molecule has 0 aromatic carbocycles. The second-order valence-electron chi connectivity index (χ2n) is 9.12. The second-order valence-corrected chi connectivity index (χ2v) is 9.12. The van der Waals surface area contributed by atoms with Crippen molar-refractivity contribution in [3.63, 3.8) is 0 Å². The van der Waals surface area contributed by atoms with Gasteiger partial charge in [0.2, 0.25) is 5.91 Å². The molecule has 1 aliphatic carbocycles. The van der Waals surface area contributed by atoms with E-state index in [2.05, 4.69) is 17.0 Å². The number of nitrogens with one attached hydrogen (secondary N) is 1. The molecule has 1 saturated heterocycles. The number of carbonyl (C=O) groups excluding carboxylic acids is 3. The van der Waals surface area contributed by atoms with Crippen LogP contribution in [0.4, 0.5) is 19.0 Å². The Morgan fingerprint density at radius 2 is 1.91 bits per heavy atom. The van der Waals surface area contributed by atoms with E-state index >= 15 is 0 Å². The van der Waals surface area contributed by atoms with Crippen LogP contribution in [-0.4, -0.2) is 59.9 Å². The lowest BCUT2D eigenvalue weighted by atomic mass is 9.82. The number of likely N-dealkylation sites (N-methyl/N-ethyl adjacent to an activating group) is 1. The van der Waals surface area contributed by atoms with Crippen LogP contribution in [0.25, 0.3) is 0 Å². The zero-order valence-corrected chi connectivity index (χ0v) is 19.1. The van der Waals surface area contributed by atoms with E-state index < -0.39 is 42.5 Å². The summed E-state index contributed by atoms with van der Waals surface area (Å²) < 4.78 is 45.5. The van der Waals surface area contributed by atoms with Crippen molar-refractivity contribution in [2.75, 3.05) is 24.7 Å². The normalized spacial score (nSPS) is 23.5. The third kappa shape index (κ3) is 4.62. The molecule has 1 N–H and O–H groups in total. The zero-order valence-electron chi connectivity index (χ0n) is 19.1. The quantitative estimate of drug-likeness (QED) is 0.453. The summed E-state index contributed by atoms with van der Waals surface area (Å²) in [7, 11) is 0. The molecule has 2 aliphatic heterocycles. The minimum Gasteiger partial charge on any atom is -0.381 e. The van der Waals surface area contributed by atoms with E-state index in [1.54, 1.807) is 11.6 Å². The number of aldehydes is 1. The predicted octanol–water partition coefficient (Wildman–Crippen LogP) is 3.29. The van der Waals surface area contributed by atoms with Gasteiger partial charge in [-0.3, -0.25) is 19.3 Å². The first kappa shape index (κ1) is 24.4. The molecule has 1 aromatic rings. The zero-order chi connectivity index (χ0) is 24.6. The largest absolute Gasteiger partial charge is 0.412 e. The summed E-state index contributed by atoms with van der Waals surface area (Å²) in [4.78, 5) is 39.7. The number of amides is 2. The number of alkyl halides is 3. The summed E-state index contributed by atoms with van der Waals surface area (Å²) >= 11 is 0. The van der Waals surface area contributed by atoms with E-state index in [9.17, 15) is 27.6 Å². The number of nitrogens with zero attached hydrogens (tertiary/aromatic N) is 3. The monoisotopic (exact) mass is 482 g/mol. The number of rotatable bonds is 8. The Bertz CT molecular complexity index is 980. The Morgan fingerprint density at radius 1 is 1.24 bits per heavy atom. The van der Waals surface area contributed by atoms with Gasteiger partial charge in [0, 0.05) is 43.2 Å². The average molecular weight is 483 g/mol. The van der Waals surface area contributed by atoms with Crippen LogP contribution in [0.5, 0.6) is 0 Å². The highest BCUT2D eigenvalue weighted by Crippen LogP contribution is 2.51. The number of fused-ring (bicyclic) bond motifs is 1. The van der Waals surface area contributed by atoms with Crippen LogP contribution >= 0.6 is 0 Å². The van der Waals surface area contributed by atoms with E-state index in [0.717, 1.165) is 12.8 Å². The molecular weight excluding hydrogens is 453 g/mol. The van der Waals surface area contributed by atoms with E-state index in [1.165, 1.54) is 4.90 Å². The van der Waals surface area contributed by atoms with Gasteiger partial charge < -0.3 is 10.1 Å². The van der Waals surface area contributed by atoms with E-state index in [-0.39, 0.29) is 23.6 Å². The smallest absolute Gasteiger partial charge is 0.381 e. The highest BCUT2D eigenvalue weighted by atomic mass is 19.4. The fourth-order valence-electron chi connectivity index (χ4n) is 4.98. The molecule has 186 valence electrons. The fraction of sp³-hybridized carbons (Fsp3) is 0.652. The van der Waals surface area contributed by atoms with Gasteiger partial charge in [-0.2, -0.15) is 18.3 Å². The maximum atomic E-state index is 13.6. The standard InChI is InChI=1S/C23H29F3N4O4/c1-3-29-21-19(16(12-31)28-30(21)15-8-10-34-11-9-15)18(14-5-6-14)20(22(29)33)27-17(32)7-4-13(2)23(24,25)26/h12,14-15,18,20H,2-11H2,1H3,(H,27,32). The summed E-state index contributed by atoms with van der Waals surface area (Å²) in [6.45, 7) is 6.22. The maximum Gasteiger partial charge on any atom is 0.412 e. The molecule has 2 atom stereocenters. The lowest BCUT2D eigenvalue weighted by Crippen LogP contribution is -2.56. The van der Waals surface area contributed by atoms with Crippen molar-refractivity contribution < 1.29 is 32.3 Å². The molecule has 8 nitrogen and oxygen atoms in total. The topological polar surface area (TPSA) is 93.5 Å². The summed E-state index contributed by atoms with van der Waals surface area (Å²) in [6, 6.07) is -0.977. The molecule has 0 bridgehead atoms. The van der Waals surface area contributed by atoms with Crippen LogP contribution < -0.4 is 10.2 Å². The highest BCUT2D eigenvalue weighted by Gasteiger charge is 2.51. The molecule has 2 unspecified atom stereocenters. The average Bonchev–Trinajstić information content (AvgIpc) is 3.58. The summed E-state index contributed by atoms with van der Waals surface area (Å²) in [5.74, 6) is -0.759. The van der Waals surface area contributed by atoms with E-state index in [1.807, 2.05) is 0 Å². The molecule has 1 saturated carbocycles. The van der Waals surface area contributed by atoms with Gasteiger partial charge in [0.25, 0.3) is 5.91 Å². The second kappa shape index (κ2) is 9.52. The molecule has 0 spiro atoms. The lowest BCUT2D eigenvalue weighted by molar-refractivity contribution is -0.129. The van der Waals surface area contributed by atoms with Gasteiger partial charge in [-0.15, -0.1) is 0 Å². The maximum absolute atomic E-state index is 13.6. The van der Waals surface area contributed by atoms with Crippen LogP contribution in [0.1, 0.15) is 73.5 Å².